The number of aromatic nitrogens is 1. The van der Waals surface area contributed by atoms with Crippen molar-refractivity contribution in [2.75, 3.05) is 13.7 Å². The minimum absolute atomic E-state index is 0.369. The summed E-state index contributed by atoms with van der Waals surface area (Å²) in [5.74, 6) is 1.18. The van der Waals surface area contributed by atoms with Gasteiger partial charge in [-0.3, -0.25) is 0 Å². The van der Waals surface area contributed by atoms with E-state index in [0.29, 0.717) is 28.5 Å². The molecule has 1 heterocycles. The van der Waals surface area contributed by atoms with E-state index in [0.717, 1.165) is 12.0 Å². The Morgan fingerprint density at radius 1 is 1.25 bits per heavy atom. The van der Waals surface area contributed by atoms with E-state index < -0.39 is 5.97 Å². The maximum Gasteiger partial charge on any atom is 0.336 e. The van der Waals surface area contributed by atoms with Crippen molar-refractivity contribution in [1.82, 2.24) is 4.98 Å². The van der Waals surface area contributed by atoms with E-state index in [1.54, 1.807) is 37.6 Å². The van der Waals surface area contributed by atoms with Crippen LogP contribution >= 0.6 is 15.9 Å². The van der Waals surface area contributed by atoms with Crippen LogP contribution in [-0.4, -0.2) is 24.7 Å². The van der Waals surface area contributed by atoms with Gasteiger partial charge in [-0.05, 0) is 58.3 Å². The first-order valence-electron chi connectivity index (χ1n) is 7.45. The number of rotatable bonds is 7. The van der Waals surface area contributed by atoms with Gasteiger partial charge in [0, 0.05) is 12.3 Å². The van der Waals surface area contributed by atoms with Crippen LogP contribution in [0.25, 0.3) is 6.08 Å². The molecule has 0 radical (unpaired) electrons. The van der Waals surface area contributed by atoms with Crippen LogP contribution in [0, 0.1) is 0 Å². The Hall–Kier alpha value is -2.34. The van der Waals surface area contributed by atoms with Crippen LogP contribution in [0.5, 0.6) is 17.2 Å². The summed E-state index contributed by atoms with van der Waals surface area (Å²) in [6.45, 7) is 2.66. The minimum Gasteiger partial charge on any atom is -0.493 e. The lowest BCUT2D eigenvalue weighted by molar-refractivity contribution is -0.128. The summed E-state index contributed by atoms with van der Waals surface area (Å²) in [4.78, 5) is 15.9. The Balaban J connectivity index is 2.05. The minimum atomic E-state index is -0.492. The van der Waals surface area contributed by atoms with E-state index in [9.17, 15) is 4.79 Å². The first kappa shape index (κ1) is 18.0. The summed E-state index contributed by atoms with van der Waals surface area (Å²) >= 11 is 3.23. The highest BCUT2D eigenvalue weighted by molar-refractivity contribution is 9.10. The summed E-state index contributed by atoms with van der Waals surface area (Å²) < 4.78 is 16.6. The van der Waals surface area contributed by atoms with Gasteiger partial charge in [-0.25, -0.2) is 9.78 Å². The highest BCUT2D eigenvalue weighted by atomic mass is 79.9. The Bertz CT molecular complexity index is 731. The molecule has 0 saturated heterocycles. The number of hydrogen-bond acceptors (Lipinski definition) is 5. The second-order valence-electron chi connectivity index (χ2n) is 4.81. The van der Waals surface area contributed by atoms with Crippen molar-refractivity contribution < 1.29 is 19.0 Å². The van der Waals surface area contributed by atoms with Gasteiger partial charge in [0.1, 0.15) is 4.60 Å². The van der Waals surface area contributed by atoms with Crippen LogP contribution in [0.3, 0.4) is 0 Å². The fraction of sp³-hybridized carbons (Fsp3) is 0.222. The molecule has 0 N–H and O–H groups in total. The number of ether oxygens (including phenoxy) is 3. The van der Waals surface area contributed by atoms with Crippen molar-refractivity contribution in [2.45, 2.75) is 13.3 Å². The summed E-state index contributed by atoms with van der Waals surface area (Å²) in [6, 6.07) is 8.81. The fourth-order valence-electron chi connectivity index (χ4n) is 1.87. The van der Waals surface area contributed by atoms with Gasteiger partial charge in [-0.2, -0.15) is 0 Å². The first-order chi connectivity index (χ1) is 11.6. The number of methoxy groups -OCH3 is 1. The number of carbonyl (C=O) groups is 1. The number of benzene rings is 1. The zero-order valence-electron chi connectivity index (χ0n) is 13.5. The van der Waals surface area contributed by atoms with E-state index in [1.165, 1.54) is 6.08 Å². The molecule has 24 heavy (non-hydrogen) atoms. The highest BCUT2D eigenvalue weighted by Crippen LogP contribution is 2.28. The lowest BCUT2D eigenvalue weighted by Gasteiger charge is -2.10. The van der Waals surface area contributed by atoms with Crippen molar-refractivity contribution in [1.29, 1.82) is 0 Å². The summed E-state index contributed by atoms with van der Waals surface area (Å²) in [5.41, 5.74) is 0.804. The topological polar surface area (TPSA) is 57.7 Å². The van der Waals surface area contributed by atoms with E-state index in [-0.39, 0.29) is 0 Å². The summed E-state index contributed by atoms with van der Waals surface area (Å²) in [7, 11) is 1.58. The van der Waals surface area contributed by atoms with Crippen molar-refractivity contribution in [3.05, 3.63) is 52.8 Å². The zero-order valence-corrected chi connectivity index (χ0v) is 15.1. The molecule has 0 saturated carbocycles. The number of carbonyl (C=O) groups excluding carboxylic acids is 1. The molecule has 0 aliphatic rings. The molecule has 126 valence electrons. The Morgan fingerprint density at radius 2 is 2.08 bits per heavy atom. The van der Waals surface area contributed by atoms with Crippen molar-refractivity contribution in [3.8, 4) is 17.2 Å². The fourth-order valence-corrected chi connectivity index (χ4v) is 2.20. The van der Waals surface area contributed by atoms with E-state index in [4.69, 9.17) is 14.2 Å². The maximum atomic E-state index is 11.9. The van der Waals surface area contributed by atoms with Crippen molar-refractivity contribution >= 4 is 28.0 Å². The second-order valence-corrected chi connectivity index (χ2v) is 5.56. The molecule has 0 bridgehead atoms. The molecule has 0 fully saturated rings. The summed E-state index contributed by atoms with van der Waals surface area (Å²) in [6.07, 6.45) is 5.52. The third kappa shape index (κ3) is 5.09. The SMILES string of the molecule is CCCOc1ccc(/C=C/C(=O)Oc2cccnc2Br)cc1OC. The number of nitrogens with zero attached hydrogens (tertiary/aromatic N) is 1. The van der Waals surface area contributed by atoms with Gasteiger partial charge >= 0.3 is 5.97 Å². The normalized spacial score (nSPS) is 10.6. The molecule has 1 aromatic heterocycles. The lowest BCUT2D eigenvalue weighted by atomic mass is 10.2. The van der Waals surface area contributed by atoms with Gasteiger partial charge in [0.25, 0.3) is 0 Å². The number of halogens is 1. The molecule has 2 rings (SSSR count). The predicted molar refractivity (Wildman–Crippen MR) is 95.4 cm³/mol. The Kier molecular flexibility index (Phi) is 6.81. The van der Waals surface area contributed by atoms with Gasteiger partial charge < -0.3 is 14.2 Å². The molecule has 6 heteroatoms. The van der Waals surface area contributed by atoms with Crippen LogP contribution in [0.1, 0.15) is 18.9 Å². The maximum absolute atomic E-state index is 11.9. The quantitative estimate of drug-likeness (QED) is 0.400. The van der Waals surface area contributed by atoms with Crippen LogP contribution in [-0.2, 0) is 4.79 Å². The van der Waals surface area contributed by atoms with Crippen LogP contribution in [0.15, 0.2) is 47.2 Å². The van der Waals surface area contributed by atoms with Crippen LogP contribution in [0.4, 0.5) is 0 Å². The summed E-state index contributed by atoms with van der Waals surface area (Å²) in [5, 5.41) is 0. The molecule has 0 unspecified atom stereocenters. The smallest absolute Gasteiger partial charge is 0.336 e. The number of pyridine rings is 1. The van der Waals surface area contributed by atoms with E-state index >= 15 is 0 Å². The molecule has 5 nitrogen and oxygen atoms in total. The monoisotopic (exact) mass is 391 g/mol. The van der Waals surface area contributed by atoms with Crippen molar-refractivity contribution in [2.24, 2.45) is 0 Å². The molecule has 2 aromatic rings. The van der Waals surface area contributed by atoms with Crippen molar-refractivity contribution in [3.63, 3.8) is 0 Å². The van der Waals surface area contributed by atoms with Gasteiger partial charge in [0.2, 0.25) is 0 Å². The Morgan fingerprint density at radius 3 is 2.79 bits per heavy atom. The third-order valence-electron chi connectivity index (χ3n) is 3.00. The number of hydrogen-bond donors (Lipinski definition) is 0. The molecule has 0 aliphatic heterocycles. The first-order valence-corrected chi connectivity index (χ1v) is 8.24. The molecule has 0 spiro atoms. The predicted octanol–water partition coefficient (Wildman–Crippen LogP) is 4.26. The molecular formula is C18H18BrNO4. The average molecular weight is 392 g/mol. The highest BCUT2D eigenvalue weighted by Gasteiger charge is 2.07. The van der Waals surface area contributed by atoms with Gasteiger partial charge in [-0.1, -0.05) is 13.0 Å². The number of esters is 1. The largest absolute Gasteiger partial charge is 0.493 e. The molecule has 0 amide bonds. The molecule has 0 atom stereocenters. The lowest BCUT2D eigenvalue weighted by Crippen LogP contribution is -2.04. The van der Waals surface area contributed by atoms with Gasteiger partial charge in [-0.15, -0.1) is 0 Å². The molecule has 0 aliphatic carbocycles. The van der Waals surface area contributed by atoms with Crippen LogP contribution < -0.4 is 14.2 Å². The van der Waals surface area contributed by atoms with Gasteiger partial charge in [0.05, 0.1) is 13.7 Å². The molecular weight excluding hydrogens is 374 g/mol. The third-order valence-corrected chi connectivity index (χ3v) is 3.59. The standard InChI is InChI=1S/C18H18BrNO4/c1-3-11-23-14-8-6-13(12-16(14)22-2)7-9-17(21)24-15-5-4-10-20-18(15)19/h4-10,12H,3,11H2,1-2H3/b9-7+. The van der Waals surface area contributed by atoms with E-state index in [1.807, 2.05) is 19.1 Å². The van der Waals surface area contributed by atoms with E-state index in [2.05, 4.69) is 20.9 Å². The molecule has 1 aromatic carbocycles. The second kappa shape index (κ2) is 9.08. The zero-order chi connectivity index (χ0) is 17.4. The Labute approximate surface area is 149 Å². The van der Waals surface area contributed by atoms with Crippen LogP contribution in [0.2, 0.25) is 0 Å². The van der Waals surface area contributed by atoms with Gasteiger partial charge in [0.15, 0.2) is 17.2 Å². The average Bonchev–Trinajstić information content (AvgIpc) is 2.60.